The molecule has 2 aromatic carbocycles. The number of para-hydroxylation sites is 2. The Morgan fingerprint density at radius 3 is 2.29 bits per heavy atom. The molecule has 0 aliphatic carbocycles. The third-order valence-electron chi connectivity index (χ3n) is 3.26. The third kappa shape index (κ3) is 6.12. The number of nitrogens with one attached hydrogen (secondary N) is 1. The first kappa shape index (κ1) is 17.5. The summed E-state index contributed by atoms with van der Waals surface area (Å²) < 4.78 is 10.6. The first-order valence-electron chi connectivity index (χ1n) is 7.88. The molecule has 0 bridgehead atoms. The lowest BCUT2D eigenvalue weighted by molar-refractivity contribution is -0.153. The van der Waals surface area contributed by atoms with Gasteiger partial charge >= 0.3 is 5.97 Å². The van der Waals surface area contributed by atoms with Crippen molar-refractivity contribution in [1.82, 2.24) is 0 Å². The summed E-state index contributed by atoms with van der Waals surface area (Å²) in [5, 5.41) is 2.69. The van der Waals surface area contributed by atoms with Crippen LogP contribution < -0.4 is 10.1 Å². The maximum Gasteiger partial charge on any atom is 0.306 e. The van der Waals surface area contributed by atoms with Crippen molar-refractivity contribution < 1.29 is 19.1 Å². The van der Waals surface area contributed by atoms with Gasteiger partial charge < -0.3 is 14.8 Å². The molecule has 2 aromatic rings. The van der Waals surface area contributed by atoms with Crippen molar-refractivity contribution in [2.45, 2.75) is 25.9 Å². The number of amides is 1. The number of carbonyl (C=O) groups is 2. The molecule has 0 aliphatic rings. The zero-order valence-corrected chi connectivity index (χ0v) is 13.6. The summed E-state index contributed by atoms with van der Waals surface area (Å²) >= 11 is 0. The normalized spacial score (nSPS) is 11.4. The van der Waals surface area contributed by atoms with Crippen molar-refractivity contribution in [1.29, 1.82) is 0 Å². The number of esters is 1. The zero-order chi connectivity index (χ0) is 17.2. The van der Waals surface area contributed by atoms with Crippen LogP contribution in [0.15, 0.2) is 60.7 Å². The Kier molecular flexibility index (Phi) is 6.83. The molecular weight excluding hydrogens is 306 g/mol. The number of anilines is 1. The molecule has 2 rings (SSSR count). The lowest BCUT2D eigenvalue weighted by atomic mass is 10.3. The second-order valence-corrected chi connectivity index (χ2v) is 5.25. The number of benzene rings is 2. The van der Waals surface area contributed by atoms with Crippen LogP contribution in [0, 0.1) is 0 Å². The molecular formula is C19H21NO4. The second kappa shape index (κ2) is 9.35. The van der Waals surface area contributed by atoms with Gasteiger partial charge in [-0.15, -0.1) is 0 Å². The summed E-state index contributed by atoms with van der Waals surface area (Å²) in [5.41, 5.74) is 0.668. The molecule has 126 valence electrons. The van der Waals surface area contributed by atoms with Crippen LogP contribution in [0.2, 0.25) is 0 Å². The molecule has 5 nitrogen and oxygen atoms in total. The van der Waals surface area contributed by atoms with E-state index in [-0.39, 0.29) is 12.3 Å². The number of hydrogen-bond donors (Lipinski definition) is 1. The van der Waals surface area contributed by atoms with Gasteiger partial charge in [0.05, 0.1) is 6.61 Å². The average Bonchev–Trinajstić information content (AvgIpc) is 2.60. The lowest BCUT2D eigenvalue weighted by Gasteiger charge is -2.13. The van der Waals surface area contributed by atoms with Crippen LogP contribution in [0.1, 0.15) is 19.8 Å². The first-order valence-corrected chi connectivity index (χ1v) is 7.88. The van der Waals surface area contributed by atoms with Crippen molar-refractivity contribution in [2.75, 3.05) is 11.9 Å². The largest absolute Gasteiger partial charge is 0.494 e. The highest BCUT2D eigenvalue weighted by Crippen LogP contribution is 2.10. The van der Waals surface area contributed by atoms with Gasteiger partial charge in [0.25, 0.3) is 5.91 Å². The van der Waals surface area contributed by atoms with E-state index in [9.17, 15) is 9.59 Å². The zero-order valence-electron chi connectivity index (χ0n) is 13.6. The summed E-state index contributed by atoms with van der Waals surface area (Å²) in [6, 6.07) is 18.4. The number of rotatable bonds is 8. The Balaban J connectivity index is 1.65. The maximum atomic E-state index is 11.9. The molecule has 0 heterocycles. The van der Waals surface area contributed by atoms with Crippen LogP contribution in [0.5, 0.6) is 5.75 Å². The van der Waals surface area contributed by atoms with Crippen LogP contribution in [0.25, 0.3) is 0 Å². The molecule has 1 amide bonds. The monoisotopic (exact) mass is 327 g/mol. The van der Waals surface area contributed by atoms with Gasteiger partial charge in [-0.1, -0.05) is 36.4 Å². The highest BCUT2D eigenvalue weighted by atomic mass is 16.5. The molecule has 0 fully saturated rings. The van der Waals surface area contributed by atoms with E-state index in [2.05, 4.69) is 5.32 Å². The van der Waals surface area contributed by atoms with Crippen molar-refractivity contribution in [3.05, 3.63) is 60.7 Å². The summed E-state index contributed by atoms with van der Waals surface area (Å²) in [4.78, 5) is 23.7. The minimum absolute atomic E-state index is 0.204. The van der Waals surface area contributed by atoms with Gasteiger partial charge in [-0.25, -0.2) is 0 Å². The van der Waals surface area contributed by atoms with E-state index in [1.54, 1.807) is 19.1 Å². The Labute approximate surface area is 141 Å². The molecule has 24 heavy (non-hydrogen) atoms. The molecule has 0 aromatic heterocycles. The lowest BCUT2D eigenvalue weighted by Crippen LogP contribution is -2.30. The van der Waals surface area contributed by atoms with Gasteiger partial charge in [-0.3, -0.25) is 9.59 Å². The van der Waals surface area contributed by atoms with Crippen LogP contribution in [0.4, 0.5) is 5.69 Å². The van der Waals surface area contributed by atoms with Crippen LogP contribution in [0.3, 0.4) is 0 Å². The smallest absolute Gasteiger partial charge is 0.306 e. The Bertz CT molecular complexity index is 643. The molecule has 1 atom stereocenters. The Morgan fingerprint density at radius 1 is 1.00 bits per heavy atom. The van der Waals surface area contributed by atoms with E-state index in [0.717, 1.165) is 5.75 Å². The van der Waals surface area contributed by atoms with E-state index < -0.39 is 12.1 Å². The molecule has 0 aliphatic heterocycles. The minimum Gasteiger partial charge on any atom is -0.494 e. The van der Waals surface area contributed by atoms with E-state index >= 15 is 0 Å². The molecule has 0 spiro atoms. The van der Waals surface area contributed by atoms with Crippen LogP contribution in [-0.2, 0) is 14.3 Å². The summed E-state index contributed by atoms with van der Waals surface area (Å²) in [7, 11) is 0. The maximum absolute atomic E-state index is 11.9. The van der Waals surface area contributed by atoms with Gasteiger partial charge in [0.15, 0.2) is 6.10 Å². The van der Waals surface area contributed by atoms with E-state index in [1.165, 1.54) is 0 Å². The first-order chi connectivity index (χ1) is 11.6. The molecule has 1 unspecified atom stereocenters. The topological polar surface area (TPSA) is 64.6 Å². The van der Waals surface area contributed by atoms with Gasteiger partial charge in [-0.05, 0) is 37.6 Å². The van der Waals surface area contributed by atoms with Crippen molar-refractivity contribution >= 4 is 17.6 Å². The SMILES string of the molecule is CC(OC(=O)CCCOc1ccccc1)C(=O)Nc1ccccc1. The van der Waals surface area contributed by atoms with Crippen molar-refractivity contribution in [3.63, 3.8) is 0 Å². The van der Waals surface area contributed by atoms with E-state index in [1.807, 2.05) is 48.5 Å². The average molecular weight is 327 g/mol. The Morgan fingerprint density at radius 2 is 1.62 bits per heavy atom. The highest BCUT2D eigenvalue weighted by molar-refractivity contribution is 5.95. The van der Waals surface area contributed by atoms with E-state index in [4.69, 9.17) is 9.47 Å². The van der Waals surface area contributed by atoms with Gasteiger partial charge in [-0.2, -0.15) is 0 Å². The molecule has 0 radical (unpaired) electrons. The molecule has 0 saturated carbocycles. The van der Waals surface area contributed by atoms with Gasteiger partial charge in [0.2, 0.25) is 0 Å². The predicted molar refractivity (Wildman–Crippen MR) is 91.8 cm³/mol. The van der Waals surface area contributed by atoms with Gasteiger partial charge in [0.1, 0.15) is 5.75 Å². The fourth-order valence-corrected chi connectivity index (χ4v) is 2.00. The summed E-state index contributed by atoms with van der Waals surface area (Å²) in [6.07, 6.45) is -0.107. The van der Waals surface area contributed by atoms with Crippen LogP contribution in [-0.4, -0.2) is 24.6 Å². The minimum atomic E-state index is -0.840. The van der Waals surface area contributed by atoms with Crippen LogP contribution >= 0.6 is 0 Å². The molecule has 1 N–H and O–H groups in total. The van der Waals surface area contributed by atoms with Crippen molar-refractivity contribution in [2.24, 2.45) is 0 Å². The summed E-state index contributed by atoms with van der Waals surface area (Å²) in [5.74, 6) is -0.000988. The molecule has 0 saturated heterocycles. The summed E-state index contributed by atoms with van der Waals surface area (Å²) in [6.45, 7) is 1.97. The quantitative estimate of drug-likeness (QED) is 0.596. The number of carbonyl (C=O) groups excluding carboxylic acids is 2. The highest BCUT2D eigenvalue weighted by Gasteiger charge is 2.17. The van der Waals surface area contributed by atoms with E-state index in [0.29, 0.717) is 18.7 Å². The third-order valence-corrected chi connectivity index (χ3v) is 3.26. The number of hydrogen-bond acceptors (Lipinski definition) is 4. The molecule has 5 heteroatoms. The second-order valence-electron chi connectivity index (χ2n) is 5.25. The van der Waals surface area contributed by atoms with Crippen molar-refractivity contribution in [3.8, 4) is 5.75 Å². The Hall–Kier alpha value is -2.82. The fourth-order valence-electron chi connectivity index (χ4n) is 2.00. The fraction of sp³-hybridized carbons (Fsp3) is 0.263. The standard InChI is InChI=1S/C19H21NO4/c1-15(19(22)20-16-9-4-2-5-10-16)24-18(21)13-8-14-23-17-11-6-3-7-12-17/h2-7,9-12,15H,8,13-14H2,1H3,(H,20,22). The van der Waals surface area contributed by atoms with Gasteiger partial charge in [0, 0.05) is 12.1 Å². The predicted octanol–water partition coefficient (Wildman–Crippen LogP) is 3.42. The number of ether oxygens (including phenoxy) is 2.